The molecule has 1 aromatic carbocycles. The first-order valence-corrected chi connectivity index (χ1v) is 10.9. The van der Waals surface area contributed by atoms with Crippen molar-refractivity contribution in [3.8, 4) is 0 Å². The van der Waals surface area contributed by atoms with E-state index in [1.807, 2.05) is 0 Å². The van der Waals surface area contributed by atoms with Crippen molar-refractivity contribution < 1.29 is 43.9 Å². The Morgan fingerprint density at radius 1 is 1.31 bits per heavy atom. The molecule has 0 spiro atoms. The van der Waals surface area contributed by atoms with Crippen molar-refractivity contribution in [1.29, 1.82) is 0 Å². The lowest BCUT2D eigenvalue weighted by molar-refractivity contribution is -0.315. The standard InChI is InChI=1S/C22H32N4O9/c1-21(2,3)35-20(31)25-16-14(27)10-22(19(30)32-4,33-12-13-8-6-5-7-9-13)34-18(16)17(29)15(28)11-24-26-23/h5-9,14-18,27-29H,10-12H2,1-4H3,(H,25,31)/t14?,15-,16?,17-,18?,22?/m1/s1. The van der Waals surface area contributed by atoms with E-state index in [-0.39, 0.29) is 6.61 Å². The van der Waals surface area contributed by atoms with Crippen LogP contribution in [0.3, 0.4) is 0 Å². The number of ether oxygens (including phenoxy) is 4. The van der Waals surface area contributed by atoms with Crippen LogP contribution in [0.15, 0.2) is 35.4 Å². The van der Waals surface area contributed by atoms with Gasteiger partial charge < -0.3 is 39.6 Å². The molecule has 4 unspecified atom stereocenters. The normalized spacial score (nSPS) is 26.1. The van der Waals surface area contributed by atoms with E-state index < -0.39 is 66.9 Å². The van der Waals surface area contributed by atoms with Crippen LogP contribution < -0.4 is 5.32 Å². The van der Waals surface area contributed by atoms with E-state index in [1.165, 1.54) is 0 Å². The number of carbonyl (C=O) groups excluding carboxylic acids is 2. The van der Waals surface area contributed by atoms with Crippen LogP contribution in [0.5, 0.6) is 0 Å². The summed E-state index contributed by atoms with van der Waals surface area (Å²) in [6, 6.07) is 7.47. The zero-order valence-corrected chi connectivity index (χ0v) is 20.0. The topological polar surface area (TPSA) is 193 Å². The number of amides is 1. The van der Waals surface area contributed by atoms with Gasteiger partial charge in [-0.2, -0.15) is 0 Å². The van der Waals surface area contributed by atoms with Gasteiger partial charge in [-0.25, -0.2) is 9.59 Å². The van der Waals surface area contributed by atoms with Crippen LogP contribution in [0.2, 0.25) is 0 Å². The smallest absolute Gasteiger partial charge is 0.408 e. The summed E-state index contributed by atoms with van der Waals surface area (Å²) in [6.45, 7) is 4.25. The van der Waals surface area contributed by atoms with Crippen LogP contribution in [0, 0.1) is 0 Å². The molecule has 0 aliphatic carbocycles. The number of azide groups is 1. The number of rotatable bonds is 9. The molecule has 1 saturated heterocycles. The third-order valence-corrected chi connectivity index (χ3v) is 5.13. The number of nitrogens with one attached hydrogen (secondary N) is 1. The number of hydrogen-bond donors (Lipinski definition) is 4. The maximum atomic E-state index is 12.8. The van der Waals surface area contributed by atoms with E-state index in [1.54, 1.807) is 51.1 Å². The van der Waals surface area contributed by atoms with Crippen LogP contribution in [0.25, 0.3) is 10.4 Å². The van der Waals surface area contributed by atoms with Gasteiger partial charge in [0.1, 0.15) is 17.8 Å². The molecule has 0 aromatic heterocycles. The Labute approximate surface area is 202 Å². The quantitative estimate of drug-likeness (QED) is 0.168. The molecule has 1 aliphatic heterocycles. The second-order valence-electron chi connectivity index (χ2n) is 9.02. The van der Waals surface area contributed by atoms with E-state index in [2.05, 4.69) is 15.3 Å². The van der Waals surface area contributed by atoms with Crippen LogP contribution in [-0.2, 0) is 30.3 Å². The summed E-state index contributed by atoms with van der Waals surface area (Å²) in [5, 5.41) is 37.7. The lowest BCUT2D eigenvalue weighted by Gasteiger charge is -2.47. The average molecular weight is 497 g/mol. The Kier molecular flexibility index (Phi) is 9.83. The van der Waals surface area contributed by atoms with Gasteiger partial charge in [-0.1, -0.05) is 35.4 Å². The molecule has 194 valence electrons. The van der Waals surface area contributed by atoms with Crippen LogP contribution >= 0.6 is 0 Å². The van der Waals surface area contributed by atoms with Gasteiger partial charge in [0.2, 0.25) is 0 Å². The van der Waals surface area contributed by atoms with E-state index >= 15 is 0 Å². The Morgan fingerprint density at radius 2 is 1.97 bits per heavy atom. The molecule has 0 radical (unpaired) electrons. The van der Waals surface area contributed by atoms with Crippen molar-refractivity contribution in [3.63, 3.8) is 0 Å². The fraction of sp³-hybridized carbons (Fsp3) is 0.636. The molecule has 1 heterocycles. The number of carbonyl (C=O) groups is 2. The van der Waals surface area contributed by atoms with Crippen molar-refractivity contribution in [1.82, 2.24) is 5.32 Å². The van der Waals surface area contributed by atoms with Gasteiger partial charge in [0.05, 0.1) is 38.5 Å². The van der Waals surface area contributed by atoms with E-state index in [0.717, 1.165) is 7.11 Å². The lowest BCUT2D eigenvalue weighted by Crippen LogP contribution is -2.68. The van der Waals surface area contributed by atoms with Crippen molar-refractivity contribution in [3.05, 3.63) is 46.3 Å². The Balaban J connectivity index is 2.38. The largest absolute Gasteiger partial charge is 0.465 e. The number of esters is 1. The molecule has 1 amide bonds. The monoisotopic (exact) mass is 496 g/mol. The van der Waals surface area contributed by atoms with Crippen molar-refractivity contribution in [2.75, 3.05) is 13.7 Å². The summed E-state index contributed by atoms with van der Waals surface area (Å²) >= 11 is 0. The van der Waals surface area contributed by atoms with E-state index in [9.17, 15) is 24.9 Å². The number of alkyl carbamates (subject to hydrolysis) is 1. The van der Waals surface area contributed by atoms with Crippen molar-refractivity contribution in [2.24, 2.45) is 5.11 Å². The average Bonchev–Trinajstić information content (AvgIpc) is 2.81. The van der Waals surface area contributed by atoms with Crippen LogP contribution in [0.1, 0.15) is 32.8 Å². The van der Waals surface area contributed by atoms with Gasteiger partial charge in [0.15, 0.2) is 0 Å². The predicted molar refractivity (Wildman–Crippen MR) is 121 cm³/mol. The van der Waals surface area contributed by atoms with E-state index in [0.29, 0.717) is 5.56 Å². The molecule has 2 rings (SSSR count). The Hall–Kier alpha value is -2.93. The number of benzene rings is 1. The fourth-order valence-electron chi connectivity index (χ4n) is 3.53. The second kappa shape index (κ2) is 12.2. The molecule has 1 fully saturated rings. The molecular weight excluding hydrogens is 464 g/mol. The Bertz CT molecular complexity index is 904. The minimum absolute atomic E-state index is 0.114. The summed E-state index contributed by atoms with van der Waals surface area (Å²) in [7, 11) is 1.10. The molecular formula is C22H32N4O9. The van der Waals surface area contributed by atoms with Gasteiger partial charge in [-0.3, -0.25) is 0 Å². The summed E-state index contributed by atoms with van der Waals surface area (Å²) < 4.78 is 21.7. The lowest BCUT2D eigenvalue weighted by atomic mass is 9.88. The van der Waals surface area contributed by atoms with Crippen LogP contribution in [0.4, 0.5) is 4.79 Å². The molecule has 6 atom stereocenters. The SMILES string of the molecule is COC(=O)C1(OCc2ccccc2)CC(O)C(NC(=O)OC(C)(C)C)C([C@H](O)[C@H](O)CN=[N+]=[N-])O1. The highest BCUT2D eigenvalue weighted by molar-refractivity contribution is 5.78. The molecule has 0 saturated carbocycles. The highest BCUT2D eigenvalue weighted by Crippen LogP contribution is 2.35. The maximum absolute atomic E-state index is 12.8. The molecule has 1 aliphatic rings. The van der Waals surface area contributed by atoms with Gasteiger partial charge in [-0.15, -0.1) is 0 Å². The number of hydrogen-bond acceptors (Lipinski definition) is 10. The van der Waals surface area contributed by atoms with Gasteiger partial charge in [-0.05, 0) is 31.9 Å². The first kappa shape index (κ1) is 28.3. The molecule has 0 bridgehead atoms. The highest BCUT2D eigenvalue weighted by atomic mass is 16.7. The summed E-state index contributed by atoms with van der Waals surface area (Å²) in [5.74, 6) is -3.18. The first-order valence-electron chi connectivity index (χ1n) is 10.9. The van der Waals surface area contributed by atoms with Crippen molar-refractivity contribution >= 4 is 12.1 Å². The molecule has 1 aromatic rings. The Morgan fingerprint density at radius 3 is 2.54 bits per heavy atom. The molecule has 13 nitrogen and oxygen atoms in total. The van der Waals surface area contributed by atoms with Crippen LogP contribution in [-0.4, -0.2) is 82.9 Å². The zero-order chi connectivity index (χ0) is 26.2. The first-order chi connectivity index (χ1) is 16.4. The van der Waals surface area contributed by atoms with Gasteiger partial charge >= 0.3 is 12.1 Å². The van der Waals surface area contributed by atoms with E-state index in [4.69, 9.17) is 24.5 Å². The maximum Gasteiger partial charge on any atom is 0.408 e. The summed E-state index contributed by atoms with van der Waals surface area (Å²) in [6.07, 6.45) is -7.97. The molecule has 35 heavy (non-hydrogen) atoms. The van der Waals surface area contributed by atoms with Gasteiger partial charge in [0, 0.05) is 11.3 Å². The third-order valence-electron chi connectivity index (χ3n) is 5.13. The summed E-state index contributed by atoms with van der Waals surface area (Å²) in [4.78, 5) is 27.7. The van der Waals surface area contributed by atoms with Crippen molar-refractivity contribution in [2.45, 2.75) is 75.6 Å². The summed E-state index contributed by atoms with van der Waals surface area (Å²) in [5.41, 5.74) is 8.35. The van der Waals surface area contributed by atoms with Gasteiger partial charge in [0.25, 0.3) is 5.79 Å². The highest BCUT2D eigenvalue weighted by Gasteiger charge is 2.56. The predicted octanol–water partition coefficient (Wildman–Crippen LogP) is 1.15. The minimum Gasteiger partial charge on any atom is -0.465 e. The molecule has 13 heteroatoms. The molecule has 4 N–H and O–H groups in total. The number of methoxy groups -OCH3 is 1. The number of nitrogens with zero attached hydrogens (tertiary/aromatic N) is 3. The minimum atomic E-state index is -2.18. The fourth-order valence-corrected chi connectivity index (χ4v) is 3.53. The second-order valence-corrected chi connectivity index (χ2v) is 9.02. The number of aliphatic hydroxyl groups is 3. The number of aliphatic hydroxyl groups excluding tert-OH is 3. The third kappa shape index (κ3) is 7.79. The zero-order valence-electron chi connectivity index (χ0n) is 20.0.